The third-order valence-corrected chi connectivity index (χ3v) is 2.31. The van der Waals surface area contributed by atoms with Gasteiger partial charge in [-0.2, -0.15) is 7.05 Å². The van der Waals surface area contributed by atoms with Gasteiger partial charge in [-0.25, -0.2) is 0 Å². The van der Waals surface area contributed by atoms with Gasteiger partial charge in [0, 0.05) is 13.0 Å². The molecule has 2 fully saturated rings. The van der Waals surface area contributed by atoms with E-state index in [1.807, 2.05) is 13.8 Å². The van der Waals surface area contributed by atoms with Crippen molar-refractivity contribution in [2.45, 2.75) is 32.4 Å². The standard InChI is InChI=1S/C6H12N2.C2H6/c1-8-4-5-2-6(8)3-7-5;1-2/h5-8H,1-4H2;1-2H3. The summed E-state index contributed by atoms with van der Waals surface area (Å²) in [6, 6.07) is 1.63. The second-order valence-corrected chi connectivity index (χ2v) is 2.90. The topological polar surface area (TPSA) is 16.5 Å². The zero-order chi connectivity index (χ0) is 7.56. The van der Waals surface area contributed by atoms with E-state index in [1.54, 1.807) is 0 Å². The molecule has 2 N–H and O–H groups in total. The Bertz CT molecular complexity index is 101. The summed E-state index contributed by atoms with van der Waals surface area (Å²) in [5.74, 6) is 0. The van der Waals surface area contributed by atoms with Crippen molar-refractivity contribution in [3.63, 3.8) is 0 Å². The zero-order valence-corrected chi connectivity index (χ0v) is 6.98. The molecule has 0 saturated carbocycles. The summed E-state index contributed by atoms with van der Waals surface area (Å²) in [6.07, 6.45) is 1.36. The van der Waals surface area contributed by atoms with Crippen LogP contribution in [0.1, 0.15) is 20.3 Å². The second-order valence-electron chi connectivity index (χ2n) is 2.90. The first kappa shape index (κ1) is 8.02. The fourth-order valence-electron chi connectivity index (χ4n) is 1.77. The monoisotopic (exact) mass is 142 g/mol. The smallest absolute Gasteiger partial charge is 0.0779 e. The van der Waals surface area contributed by atoms with Crippen molar-refractivity contribution in [1.82, 2.24) is 5.32 Å². The fourth-order valence-corrected chi connectivity index (χ4v) is 1.77. The molecule has 2 heteroatoms. The summed E-state index contributed by atoms with van der Waals surface area (Å²) in [6.45, 7) is 6.44. The van der Waals surface area contributed by atoms with Crippen molar-refractivity contribution >= 4 is 0 Å². The minimum absolute atomic E-state index is 0.799. The van der Waals surface area contributed by atoms with Crippen LogP contribution in [0, 0.1) is 7.05 Å². The van der Waals surface area contributed by atoms with E-state index >= 15 is 0 Å². The van der Waals surface area contributed by atoms with E-state index in [1.165, 1.54) is 24.4 Å². The number of likely N-dealkylation sites (tertiary alicyclic amines) is 1. The predicted octanol–water partition coefficient (Wildman–Crippen LogP) is -0.567. The molecule has 60 valence electrons. The van der Waals surface area contributed by atoms with Gasteiger partial charge in [0.05, 0.1) is 18.6 Å². The van der Waals surface area contributed by atoms with Crippen LogP contribution in [0.3, 0.4) is 0 Å². The van der Waals surface area contributed by atoms with Gasteiger partial charge in [-0.1, -0.05) is 13.8 Å². The molecule has 3 atom stereocenters. The number of hydrogen-bond donors (Lipinski definition) is 2. The average molecular weight is 142 g/mol. The molecular formula is C8H18N2. The van der Waals surface area contributed by atoms with E-state index in [4.69, 9.17) is 0 Å². The molecule has 2 aliphatic heterocycles. The maximum absolute atomic E-state index is 4.00. The first-order valence-corrected chi connectivity index (χ1v) is 4.27. The van der Waals surface area contributed by atoms with Gasteiger partial charge in [0.15, 0.2) is 0 Å². The minimum atomic E-state index is 0.799. The second kappa shape index (κ2) is 3.35. The average Bonchev–Trinajstić information content (AvgIpc) is 2.52. The van der Waals surface area contributed by atoms with E-state index in [0.717, 1.165) is 12.1 Å². The molecular weight excluding hydrogens is 124 g/mol. The summed E-state index contributed by atoms with van der Waals surface area (Å²) in [7, 11) is 4.00. The Morgan fingerprint density at radius 2 is 2.20 bits per heavy atom. The lowest BCUT2D eigenvalue weighted by Crippen LogP contribution is -3.11. The summed E-state index contributed by atoms with van der Waals surface area (Å²) < 4.78 is 0. The molecule has 2 bridgehead atoms. The predicted molar refractivity (Wildman–Crippen MR) is 42.7 cm³/mol. The highest BCUT2D eigenvalue weighted by atomic mass is 15.3. The molecule has 0 aromatic rings. The van der Waals surface area contributed by atoms with Crippen LogP contribution in [0.2, 0.25) is 0 Å². The van der Waals surface area contributed by atoms with E-state index in [2.05, 4.69) is 12.4 Å². The van der Waals surface area contributed by atoms with Gasteiger partial charge in [-0.3, -0.25) is 0 Å². The molecule has 2 aliphatic rings. The fraction of sp³-hybridized carbons (Fsp3) is 0.875. The Morgan fingerprint density at radius 1 is 1.50 bits per heavy atom. The molecule has 0 radical (unpaired) electrons. The summed E-state index contributed by atoms with van der Waals surface area (Å²) in [5.41, 5.74) is 0. The Labute approximate surface area is 63.6 Å². The van der Waals surface area contributed by atoms with Gasteiger partial charge in [0.1, 0.15) is 0 Å². The number of rotatable bonds is 0. The molecule has 2 saturated heterocycles. The molecule has 0 aromatic heterocycles. The van der Waals surface area contributed by atoms with Crippen LogP contribution in [0.5, 0.6) is 0 Å². The molecule has 3 unspecified atom stereocenters. The van der Waals surface area contributed by atoms with Crippen LogP contribution in [0.25, 0.3) is 0 Å². The third-order valence-electron chi connectivity index (χ3n) is 2.31. The van der Waals surface area contributed by atoms with Gasteiger partial charge >= 0.3 is 0 Å². The van der Waals surface area contributed by atoms with Crippen molar-refractivity contribution < 1.29 is 4.90 Å². The van der Waals surface area contributed by atoms with Gasteiger partial charge in [-0.15, -0.1) is 0 Å². The van der Waals surface area contributed by atoms with Crippen molar-refractivity contribution in [3.8, 4) is 0 Å². The number of quaternary nitrogens is 1. The molecule has 2 heterocycles. The maximum atomic E-state index is 4.00. The Morgan fingerprint density at radius 3 is 2.40 bits per heavy atom. The van der Waals surface area contributed by atoms with Crippen LogP contribution in [0.4, 0.5) is 0 Å². The normalized spacial score (nSPS) is 42.9. The molecule has 10 heavy (non-hydrogen) atoms. The van der Waals surface area contributed by atoms with Crippen molar-refractivity contribution in [2.24, 2.45) is 0 Å². The van der Waals surface area contributed by atoms with E-state index < -0.39 is 0 Å². The SMILES string of the molecule is CC.[CH2-][NH+]1CC2CC1CN2. The van der Waals surface area contributed by atoms with Crippen LogP contribution in [-0.2, 0) is 0 Å². The number of nitrogens with one attached hydrogen (secondary N) is 2. The number of piperazine rings is 1. The van der Waals surface area contributed by atoms with Crippen molar-refractivity contribution in [3.05, 3.63) is 7.05 Å². The maximum Gasteiger partial charge on any atom is 0.0779 e. The molecule has 0 aliphatic carbocycles. The van der Waals surface area contributed by atoms with Gasteiger partial charge < -0.3 is 10.2 Å². The zero-order valence-electron chi connectivity index (χ0n) is 6.98. The highest BCUT2D eigenvalue weighted by molar-refractivity contribution is 4.85. The third kappa shape index (κ3) is 1.32. The van der Waals surface area contributed by atoms with E-state index in [9.17, 15) is 0 Å². The largest absolute Gasteiger partial charge is 0.463 e. The lowest BCUT2D eigenvalue weighted by atomic mass is 10.2. The van der Waals surface area contributed by atoms with Crippen LogP contribution in [-0.4, -0.2) is 25.2 Å². The summed E-state index contributed by atoms with van der Waals surface area (Å²) >= 11 is 0. The van der Waals surface area contributed by atoms with Gasteiger partial charge in [-0.05, 0) is 0 Å². The Hall–Kier alpha value is -0.0800. The first-order valence-electron chi connectivity index (χ1n) is 4.27. The summed E-state index contributed by atoms with van der Waals surface area (Å²) in [4.78, 5) is 1.48. The van der Waals surface area contributed by atoms with Gasteiger partial charge in [0.2, 0.25) is 0 Å². The van der Waals surface area contributed by atoms with Crippen LogP contribution in [0.15, 0.2) is 0 Å². The Balaban J connectivity index is 0.000000231. The van der Waals surface area contributed by atoms with E-state index in [-0.39, 0.29) is 0 Å². The number of hydrogen-bond acceptors (Lipinski definition) is 1. The minimum Gasteiger partial charge on any atom is -0.463 e. The Kier molecular flexibility index (Phi) is 2.69. The van der Waals surface area contributed by atoms with Crippen molar-refractivity contribution in [2.75, 3.05) is 13.1 Å². The lowest BCUT2D eigenvalue weighted by molar-refractivity contribution is -0.869. The van der Waals surface area contributed by atoms with Gasteiger partial charge in [0.25, 0.3) is 0 Å². The molecule has 2 nitrogen and oxygen atoms in total. The highest BCUT2D eigenvalue weighted by Gasteiger charge is 2.35. The highest BCUT2D eigenvalue weighted by Crippen LogP contribution is 2.07. The first-order chi connectivity index (χ1) is 4.86. The molecule has 2 rings (SSSR count). The van der Waals surface area contributed by atoms with Crippen LogP contribution < -0.4 is 10.2 Å². The lowest BCUT2D eigenvalue weighted by Gasteiger charge is -2.25. The molecule has 0 spiro atoms. The quantitative estimate of drug-likeness (QED) is 0.433. The van der Waals surface area contributed by atoms with Crippen molar-refractivity contribution in [1.29, 1.82) is 0 Å². The van der Waals surface area contributed by atoms with Crippen LogP contribution >= 0.6 is 0 Å². The number of fused-ring (bicyclic) bond motifs is 2. The summed E-state index contributed by atoms with van der Waals surface area (Å²) in [5, 5.41) is 3.43. The molecule has 0 amide bonds. The molecule has 0 aromatic carbocycles. The van der Waals surface area contributed by atoms with E-state index in [0.29, 0.717) is 0 Å².